The third-order valence-electron chi connectivity index (χ3n) is 5.98. The third-order valence-corrected chi connectivity index (χ3v) is 7.34. The van der Waals surface area contributed by atoms with Gasteiger partial charge in [-0.3, -0.25) is 9.10 Å². The van der Waals surface area contributed by atoms with Gasteiger partial charge in [-0.15, -0.1) is 0 Å². The highest BCUT2D eigenvalue weighted by Gasteiger charge is 2.33. The molecule has 2 heterocycles. The summed E-state index contributed by atoms with van der Waals surface area (Å²) < 4.78 is 22.1. The second kappa shape index (κ2) is 11.5. The number of carbonyl (C=O) groups is 1. The van der Waals surface area contributed by atoms with Crippen LogP contribution in [0.5, 0.6) is 5.75 Å². The average Bonchev–Trinajstić information content (AvgIpc) is 3.17. The zero-order valence-corrected chi connectivity index (χ0v) is 23.0. The molecule has 0 saturated carbocycles. The Labute approximate surface area is 225 Å². The first-order valence-corrected chi connectivity index (χ1v) is 13.0. The average molecular weight is 537 g/mol. The summed E-state index contributed by atoms with van der Waals surface area (Å²) in [5.41, 5.74) is 3.54. The molecule has 2 aromatic carbocycles. The van der Waals surface area contributed by atoms with Crippen LogP contribution >= 0.6 is 0 Å². The fourth-order valence-corrected chi connectivity index (χ4v) is 5.10. The summed E-state index contributed by atoms with van der Waals surface area (Å²) >= 11 is -1.48. The Bertz CT molecular complexity index is 1370. The van der Waals surface area contributed by atoms with E-state index in [1.165, 1.54) is 6.08 Å². The molecule has 2 N–H and O–H groups in total. The molecule has 1 unspecified atom stereocenters. The van der Waals surface area contributed by atoms with Gasteiger partial charge in [-0.25, -0.2) is 13.5 Å². The third kappa shape index (κ3) is 5.55. The zero-order valence-electron chi connectivity index (χ0n) is 22.1. The number of amides is 1. The molecule has 1 amide bonds. The second-order valence-electron chi connectivity index (χ2n) is 8.86. The summed E-state index contributed by atoms with van der Waals surface area (Å²) in [6, 6.07) is 12.9. The van der Waals surface area contributed by atoms with Crippen molar-refractivity contribution in [2.45, 2.75) is 0 Å². The quantitative estimate of drug-likeness (QED) is 0.379. The molecule has 3 aromatic rings. The van der Waals surface area contributed by atoms with Gasteiger partial charge in [0.05, 0.1) is 35.5 Å². The predicted molar refractivity (Wildman–Crippen MR) is 154 cm³/mol. The molecule has 200 valence electrons. The van der Waals surface area contributed by atoms with Crippen molar-refractivity contribution in [1.82, 2.24) is 14.9 Å². The molecule has 4 rings (SSSR count). The van der Waals surface area contributed by atoms with E-state index in [2.05, 4.69) is 32.1 Å². The van der Waals surface area contributed by atoms with Crippen molar-refractivity contribution in [3.8, 4) is 5.75 Å². The Balaban J connectivity index is 1.69. The molecule has 0 spiro atoms. The van der Waals surface area contributed by atoms with Crippen molar-refractivity contribution >= 4 is 57.3 Å². The molecule has 1 aliphatic rings. The van der Waals surface area contributed by atoms with Crippen molar-refractivity contribution in [1.29, 1.82) is 0 Å². The van der Waals surface area contributed by atoms with Crippen molar-refractivity contribution in [2.75, 3.05) is 72.5 Å². The molecule has 0 fully saturated rings. The van der Waals surface area contributed by atoms with Crippen LogP contribution in [0, 0.1) is 0 Å². The molecular formula is C26H32N8O3S. The van der Waals surface area contributed by atoms with Crippen LogP contribution in [0.3, 0.4) is 0 Å². The maximum Gasteiger partial charge on any atom is 0.247 e. The standard InChI is InChI=1S/C26H32N8O3S/c1-7-25(35)28-18-16-19(23(37-6)17-22(18)32(4)15-14-31(2)3)29-26-27-13-12-24(30-26)34-21-11-9-8-10-20(21)33(5)38(34)36/h7-13,16-17H,1,14-15H2,2-6H3,(H,28,35)(H,27,29,30). The van der Waals surface area contributed by atoms with Crippen LogP contribution in [-0.4, -0.2) is 73.4 Å². The monoisotopic (exact) mass is 536 g/mol. The fraction of sp³-hybridized carbons (Fsp3) is 0.269. The maximum absolute atomic E-state index is 13.1. The number of ether oxygens (including phenoxy) is 1. The summed E-state index contributed by atoms with van der Waals surface area (Å²) in [4.78, 5) is 25.3. The zero-order chi connectivity index (χ0) is 27.4. The van der Waals surface area contributed by atoms with E-state index in [1.807, 2.05) is 56.4 Å². The number of hydrogen-bond donors (Lipinski definition) is 2. The molecule has 0 saturated heterocycles. The van der Waals surface area contributed by atoms with Crippen LogP contribution in [0.15, 0.2) is 61.3 Å². The van der Waals surface area contributed by atoms with Crippen molar-refractivity contribution in [3.63, 3.8) is 0 Å². The lowest BCUT2D eigenvalue weighted by Crippen LogP contribution is -2.29. The van der Waals surface area contributed by atoms with E-state index in [-0.39, 0.29) is 11.9 Å². The van der Waals surface area contributed by atoms with E-state index in [0.717, 1.165) is 30.2 Å². The topological polar surface area (TPSA) is 106 Å². The van der Waals surface area contributed by atoms with E-state index in [9.17, 15) is 9.00 Å². The number of para-hydroxylation sites is 2. The minimum absolute atomic E-state index is 0.277. The van der Waals surface area contributed by atoms with Gasteiger partial charge in [0.25, 0.3) is 0 Å². The smallest absolute Gasteiger partial charge is 0.247 e. The van der Waals surface area contributed by atoms with Gasteiger partial charge in [-0.05, 0) is 38.4 Å². The number of fused-ring (bicyclic) bond motifs is 1. The Hall–Kier alpha value is -4.16. The van der Waals surface area contributed by atoms with Crippen molar-refractivity contribution in [3.05, 3.63) is 61.3 Å². The number of likely N-dealkylation sites (N-methyl/N-ethyl adjacent to an activating group) is 2. The van der Waals surface area contributed by atoms with Gasteiger partial charge in [-0.2, -0.15) is 4.98 Å². The summed E-state index contributed by atoms with van der Waals surface area (Å²) in [6.45, 7) is 5.12. The molecule has 12 heteroatoms. The van der Waals surface area contributed by atoms with Crippen molar-refractivity contribution < 1.29 is 13.7 Å². The Morgan fingerprint density at radius 1 is 1.13 bits per heavy atom. The lowest BCUT2D eigenvalue weighted by atomic mass is 10.2. The summed E-state index contributed by atoms with van der Waals surface area (Å²) in [7, 11) is 9.31. The van der Waals surface area contributed by atoms with Crippen LogP contribution in [0.2, 0.25) is 0 Å². The van der Waals surface area contributed by atoms with Crippen LogP contribution < -0.4 is 28.9 Å². The Kier molecular flexibility index (Phi) is 8.13. The maximum atomic E-state index is 13.1. The molecule has 0 aliphatic carbocycles. The van der Waals surface area contributed by atoms with E-state index >= 15 is 0 Å². The predicted octanol–water partition coefficient (Wildman–Crippen LogP) is 3.52. The number of benzene rings is 2. The molecule has 0 radical (unpaired) electrons. The SMILES string of the molecule is C=CC(=O)Nc1cc(Nc2nccc(N3c4ccccc4N(C)S3=O)n2)c(OC)cc1N(C)CCN(C)C. The molecule has 1 atom stereocenters. The van der Waals surface area contributed by atoms with E-state index < -0.39 is 11.2 Å². The summed E-state index contributed by atoms with van der Waals surface area (Å²) in [5, 5.41) is 6.08. The molecule has 38 heavy (non-hydrogen) atoms. The summed E-state index contributed by atoms with van der Waals surface area (Å²) in [6.07, 6.45) is 2.82. The number of nitrogens with one attached hydrogen (secondary N) is 2. The second-order valence-corrected chi connectivity index (χ2v) is 10.2. The molecular weight excluding hydrogens is 504 g/mol. The highest BCUT2D eigenvalue weighted by molar-refractivity contribution is 7.88. The van der Waals surface area contributed by atoms with E-state index in [0.29, 0.717) is 22.9 Å². The normalized spacial score (nSPS) is 14.3. The number of methoxy groups -OCH3 is 1. The van der Waals surface area contributed by atoms with Crippen LogP contribution in [0.4, 0.5) is 40.2 Å². The molecule has 1 aromatic heterocycles. The van der Waals surface area contributed by atoms with Gasteiger partial charge in [0.1, 0.15) is 5.75 Å². The first-order valence-electron chi connectivity index (χ1n) is 11.9. The Morgan fingerprint density at radius 3 is 2.55 bits per heavy atom. The lowest BCUT2D eigenvalue weighted by Gasteiger charge is -2.26. The highest BCUT2D eigenvalue weighted by Crippen LogP contribution is 2.42. The minimum Gasteiger partial charge on any atom is -0.494 e. The van der Waals surface area contributed by atoms with Crippen LogP contribution in [0.1, 0.15) is 0 Å². The lowest BCUT2D eigenvalue weighted by molar-refractivity contribution is -0.111. The number of anilines is 7. The highest BCUT2D eigenvalue weighted by atomic mass is 32.2. The van der Waals surface area contributed by atoms with Gasteiger partial charge in [-0.1, -0.05) is 18.7 Å². The van der Waals surface area contributed by atoms with Crippen molar-refractivity contribution in [2.24, 2.45) is 0 Å². The number of rotatable bonds is 10. The molecule has 11 nitrogen and oxygen atoms in total. The van der Waals surface area contributed by atoms with Gasteiger partial charge in [0, 0.05) is 45.5 Å². The van der Waals surface area contributed by atoms with Gasteiger partial charge in [0.2, 0.25) is 23.0 Å². The number of hydrogen-bond acceptors (Lipinski definition) is 8. The molecule has 0 bridgehead atoms. The first kappa shape index (κ1) is 26.9. The number of aromatic nitrogens is 2. The molecule has 1 aliphatic heterocycles. The van der Waals surface area contributed by atoms with E-state index in [1.54, 1.807) is 41.1 Å². The van der Waals surface area contributed by atoms with Crippen LogP contribution in [0.25, 0.3) is 0 Å². The number of nitrogens with zero attached hydrogens (tertiary/aromatic N) is 6. The van der Waals surface area contributed by atoms with Gasteiger partial charge in [0.15, 0.2) is 5.82 Å². The Morgan fingerprint density at radius 2 is 1.87 bits per heavy atom. The minimum atomic E-state index is -1.48. The van der Waals surface area contributed by atoms with Gasteiger partial charge < -0.3 is 25.2 Å². The summed E-state index contributed by atoms with van der Waals surface area (Å²) in [5.74, 6) is 0.953. The number of carbonyl (C=O) groups excluding carboxylic acids is 1. The fourth-order valence-electron chi connectivity index (χ4n) is 3.95. The largest absolute Gasteiger partial charge is 0.494 e. The van der Waals surface area contributed by atoms with E-state index in [4.69, 9.17) is 4.74 Å². The first-order chi connectivity index (χ1) is 18.2. The van der Waals surface area contributed by atoms with Gasteiger partial charge >= 0.3 is 0 Å². The van der Waals surface area contributed by atoms with Crippen LogP contribution in [-0.2, 0) is 16.0 Å².